The second kappa shape index (κ2) is 5.75. The Morgan fingerprint density at radius 2 is 1.78 bits per heavy atom. The van der Waals surface area contributed by atoms with E-state index in [9.17, 15) is 0 Å². The molecule has 0 saturated heterocycles. The van der Waals surface area contributed by atoms with Crippen LogP contribution in [-0.2, 0) is 6.54 Å². The van der Waals surface area contributed by atoms with Gasteiger partial charge in [-0.2, -0.15) is 0 Å². The highest BCUT2D eigenvalue weighted by Crippen LogP contribution is 2.38. The molecule has 0 amide bonds. The lowest BCUT2D eigenvalue weighted by Crippen LogP contribution is -2.34. The number of nitrogens with one attached hydrogen (secondary N) is 1. The predicted octanol–water partition coefficient (Wildman–Crippen LogP) is 3.57. The van der Waals surface area contributed by atoms with Crippen LogP contribution in [0.3, 0.4) is 0 Å². The summed E-state index contributed by atoms with van der Waals surface area (Å²) in [5.41, 5.74) is 8.26. The summed E-state index contributed by atoms with van der Waals surface area (Å²) in [4.78, 5) is 0. The molecule has 1 saturated carbocycles. The van der Waals surface area contributed by atoms with Crippen LogP contribution < -0.4 is 11.1 Å². The molecule has 0 heterocycles. The van der Waals surface area contributed by atoms with Gasteiger partial charge in [-0.3, -0.25) is 0 Å². The number of nitrogens with two attached hydrogens (primary N) is 1. The fourth-order valence-electron chi connectivity index (χ4n) is 3.02. The molecule has 0 aliphatic heterocycles. The molecule has 1 aromatic rings. The van der Waals surface area contributed by atoms with E-state index in [2.05, 4.69) is 31.3 Å². The lowest BCUT2D eigenvalue weighted by molar-refractivity contribution is 0.208. The highest BCUT2D eigenvalue weighted by Gasteiger charge is 2.31. The van der Waals surface area contributed by atoms with Crippen LogP contribution in [0, 0.1) is 11.3 Å². The van der Waals surface area contributed by atoms with Crippen molar-refractivity contribution in [2.24, 2.45) is 11.3 Å². The van der Waals surface area contributed by atoms with Gasteiger partial charge in [0.2, 0.25) is 0 Å². The Labute approximate surface area is 111 Å². The molecule has 2 nitrogen and oxygen atoms in total. The van der Waals surface area contributed by atoms with Crippen LogP contribution in [0.4, 0.5) is 5.69 Å². The molecule has 1 aliphatic rings. The van der Waals surface area contributed by atoms with Crippen LogP contribution in [0.1, 0.15) is 45.1 Å². The lowest BCUT2D eigenvalue weighted by atomic mass is 9.77. The number of benzene rings is 1. The van der Waals surface area contributed by atoms with Gasteiger partial charge in [-0.05, 0) is 41.9 Å². The van der Waals surface area contributed by atoms with Crippen molar-refractivity contribution < 1.29 is 0 Å². The van der Waals surface area contributed by atoms with Crippen molar-refractivity contribution in [1.29, 1.82) is 0 Å². The molecule has 0 bridgehead atoms. The highest BCUT2D eigenvalue weighted by atomic mass is 14.9. The van der Waals surface area contributed by atoms with E-state index in [0.717, 1.165) is 24.7 Å². The van der Waals surface area contributed by atoms with Gasteiger partial charge < -0.3 is 11.1 Å². The molecular formula is C16H26N2. The van der Waals surface area contributed by atoms with E-state index in [4.69, 9.17) is 5.73 Å². The van der Waals surface area contributed by atoms with Gasteiger partial charge in [-0.25, -0.2) is 0 Å². The first kappa shape index (κ1) is 13.4. The minimum absolute atomic E-state index is 0.421. The van der Waals surface area contributed by atoms with E-state index in [0.29, 0.717) is 5.41 Å². The Morgan fingerprint density at radius 1 is 1.17 bits per heavy atom. The monoisotopic (exact) mass is 246 g/mol. The number of nitrogen functional groups attached to an aromatic ring is 1. The number of rotatable bonds is 5. The SMILES string of the molecule is CC(C)(CNCc1ccc(N)cc1)C1CCCC1. The average Bonchev–Trinajstić information content (AvgIpc) is 2.86. The molecule has 0 unspecified atom stereocenters. The third kappa shape index (κ3) is 3.49. The van der Waals surface area contributed by atoms with Gasteiger partial charge in [0.1, 0.15) is 0 Å². The summed E-state index contributed by atoms with van der Waals surface area (Å²) in [6.45, 7) is 6.84. The average molecular weight is 246 g/mol. The zero-order valence-corrected chi connectivity index (χ0v) is 11.7. The maximum atomic E-state index is 5.69. The Hall–Kier alpha value is -1.02. The molecule has 100 valence electrons. The number of hydrogen-bond acceptors (Lipinski definition) is 2. The lowest BCUT2D eigenvalue weighted by Gasteiger charge is -2.32. The Bertz CT molecular complexity index is 361. The summed E-state index contributed by atoms with van der Waals surface area (Å²) in [5.74, 6) is 0.899. The van der Waals surface area contributed by atoms with Gasteiger partial charge in [-0.1, -0.05) is 38.8 Å². The molecule has 2 heteroatoms. The largest absolute Gasteiger partial charge is 0.399 e. The van der Waals surface area contributed by atoms with Crippen LogP contribution in [-0.4, -0.2) is 6.54 Å². The standard InChI is InChI=1S/C16H26N2/c1-16(2,14-5-3-4-6-14)12-18-11-13-7-9-15(17)10-8-13/h7-10,14,18H,3-6,11-12,17H2,1-2H3. The van der Waals surface area contributed by atoms with Gasteiger partial charge in [0.15, 0.2) is 0 Å². The van der Waals surface area contributed by atoms with Crippen molar-refractivity contribution in [1.82, 2.24) is 5.32 Å². The first-order valence-corrected chi connectivity index (χ1v) is 7.13. The molecule has 0 spiro atoms. The Kier molecular flexibility index (Phi) is 4.28. The molecule has 3 N–H and O–H groups in total. The molecule has 0 atom stereocenters. The maximum absolute atomic E-state index is 5.69. The van der Waals surface area contributed by atoms with Crippen molar-refractivity contribution in [2.45, 2.75) is 46.1 Å². The first-order chi connectivity index (χ1) is 8.58. The van der Waals surface area contributed by atoms with Crippen molar-refractivity contribution in [2.75, 3.05) is 12.3 Å². The summed E-state index contributed by atoms with van der Waals surface area (Å²) in [6, 6.07) is 8.15. The minimum atomic E-state index is 0.421. The Morgan fingerprint density at radius 3 is 2.39 bits per heavy atom. The first-order valence-electron chi connectivity index (χ1n) is 7.13. The molecule has 0 radical (unpaired) electrons. The molecule has 0 aromatic heterocycles. The minimum Gasteiger partial charge on any atom is -0.399 e. The molecule has 1 fully saturated rings. The zero-order valence-electron chi connectivity index (χ0n) is 11.7. The van der Waals surface area contributed by atoms with E-state index in [1.165, 1.54) is 31.2 Å². The van der Waals surface area contributed by atoms with Crippen LogP contribution in [0.15, 0.2) is 24.3 Å². The van der Waals surface area contributed by atoms with Gasteiger partial charge in [-0.15, -0.1) is 0 Å². The van der Waals surface area contributed by atoms with Gasteiger partial charge >= 0.3 is 0 Å². The van der Waals surface area contributed by atoms with E-state index < -0.39 is 0 Å². The zero-order chi connectivity index (χ0) is 13.0. The summed E-state index contributed by atoms with van der Waals surface area (Å²) in [6.07, 6.45) is 5.67. The van der Waals surface area contributed by atoms with Crippen molar-refractivity contribution in [3.63, 3.8) is 0 Å². The van der Waals surface area contributed by atoms with Gasteiger partial charge in [0.05, 0.1) is 0 Å². The van der Waals surface area contributed by atoms with Crippen LogP contribution >= 0.6 is 0 Å². The van der Waals surface area contributed by atoms with E-state index in [1.54, 1.807) is 0 Å². The van der Waals surface area contributed by atoms with Crippen molar-refractivity contribution >= 4 is 5.69 Å². The van der Waals surface area contributed by atoms with Crippen LogP contribution in [0.25, 0.3) is 0 Å². The predicted molar refractivity (Wildman–Crippen MR) is 78.3 cm³/mol. The summed E-state index contributed by atoms with van der Waals surface area (Å²) in [7, 11) is 0. The highest BCUT2D eigenvalue weighted by molar-refractivity contribution is 5.39. The quantitative estimate of drug-likeness (QED) is 0.779. The van der Waals surface area contributed by atoms with Crippen LogP contribution in [0.5, 0.6) is 0 Å². The molecule has 18 heavy (non-hydrogen) atoms. The van der Waals surface area contributed by atoms with Gasteiger partial charge in [0, 0.05) is 18.8 Å². The molecule has 1 aromatic carbocycles. The fourth-order valence-corrected chi connectivity index (χ4v) is 3.02. The normalized spacial score (nSPS) is 17.2. The van der Waals surface area contributed by atoms with Crippen molar-refractivity contribution in [3.05, 3.63) is 29.8 Å². The van der Waals surface area contributed by atoms with Gasteiger partial charge in [0.25, 0.3) is 0 Å². The van der Waals surface area contributed by atoms with E-state index >= 15 is 0 Å². The summed E-state index contributed by atoms with van der Waals surface area (Å²) >= 11 is 0. The third-order valence-electron chi connectivity index (χ3n) is 4.35. The number of hydrogen-bond donors (Lipinski definition) is 2. The summed E-state index contributed by atoms with van der Waals surface area (Å²) in [5, 5.41) is 3.60. The third-order valence-corrected chi connectivity index (χ3v) is 4.35. The smallest absolute Gasteiger partial charge is 0.0314 e. The van der Waals surface area contributed by atoms with Crippen molar-refractivity contribution in [3.8, 4) is 0 Å². The van der Waals surface area contributed by atoms with Crippen LogP contribution in [0.2, 0.25) is 0 Å². The van der Waals surface area contributed by atoms with E-state index in [-0.39, 0.29) is 0 Å². The number of anilines is 1. The maximum Gasteiger partial charge on any atom is 0.0314 e. The fraction of sp³-hybridized carbons (Fsp3) is 0.625. The molecule has 1 aliphatic carbocycles. The summed E-state index contributed by atoms with van der Waals surface area (Å²) < 4.78 is 0. The topological polar surface area (TPSA) is 38.0 Å². The molecular weight excluding hydrogens is 220 g/mol. The Balaban J connectivity index is 1.78. The second-order valence-corrected chi connectivity index (χ2v) is 6.32. The second-order valence-electron chi connectivity index (χ2n) is 6.32. The molecule has 2 rings (SSSR count). The van der Waals surface area contributed by atoms with E-state index in [1.807, 2.05) is 12.1 Å².